The fourth-order valence-corrected chi connectivity index (χ4v) is 4.70. The van der Waals surface area contributed by atoms with Crippen LogP contribution in [0.4, 0.5) is 0 Å². The lowest BCUT2D eigenvalue weighted by Gasteiger charge is -2.27. The molecular weight excluding hydrogens is 314 g/mol. The summed E-state index contributed by atoms with van der Waals surface area (Å²) in [4.78, 5) is 14.1. The minimum Gasteiger partial charge on any atom is -0.337 e. The number of amides is 1. The number of carbonyl (C=O) groups is 1. The van der Waals surface area contributed by atoms with Crippen LogP contribution in [0.2, 0.25) is 0 Å². The van der Waals surface area contributed by atoms with Gasteiger partial charge in [0.1, 0.15) is 0 Å². The first-order valence-electron chi connectivity index (χ1n) is 8.18. The maximum Gasteiger partial charge on any atom is 0.279 e. The maximum atomic E-state index is 12.4. The summed E-state index contributed by atoms with van der Waals surface area (Å²) in [5.74, 6) is -0.0368. The molecule has 1 aromatic rings. The molecule has 7 heteroatoms. The van der Waals surface area contributed by atoms with E-state index >= 15 is 0 Å². The lowest BCUT2D eigenvalue weighted by Crippen LogP contribution is -2.48. The first-order chi connectivity index (χ1) is 11.1. The fourth-order valence-electron chi connectivity index (χ4n) is 3.19. The van der Waals surface area contributed by atoms with Crippen molar-refractivity contribution in [2.75, 3.05) is 26.2 Å². The van der Waals surface area contributed by atoms with E-state index in [2.05, 4.69) is 4.72 Å². The van der Waals surface area contributed by atoms with Crippen molar-refractivity contribution in [3.05, 3.63) is 35.9 Å². The maximum absolute atomic E-state index is 12.4. The molecule has 1 amide bonds. The SMILES string of the molecule is O=C(c1ccccc1)N1CCC(NS(=O)(=O)N2CCCCC2)C1. The monoisotopic (exact) mass is 337 g/mol. The minimum atomic E-state index is -3.44. The zero-order valence-electron chi connectivity index (χ0n) is 13.1. The van der Waals surface area contributed by atoms with E-state index in [1.165, 1.54) is 4.31 Å². The Hall–Kier alpha value is -1.44. The van der Waals surface area contributed by atoms with Crippen molar-refractivity contribution in [1.29, 1.82) is 0 Å². The molecule has 23 heavy (non-hydrogen) atoms. The number of nitrogens with one attached hydrogen (secondary N) is 1. The molecule has 126 valence electrons. The largest absolute Gasteiger partial charge is 0.337 e. The number of hydrogen-bond acceptors (Lipinski definition) is 3. The van der Waals surface area contributed by atoms with Crippen LogP contribution in [0.1, 0.15) is 36.0 Å². The Morgan fingerprint density at radius 1 is 1.04 bits per heavy atom. The van der Waals surface area contributed by atoms with E-state index in [1.54, 1.807) is 17.0 Å². The molecule has 0 saturated carbocycles. The molecule has 1 unspecified atom stereocenters. The predicted molar refractivity (Wildman–Crippen MR) is 88.2 cm³/mol. The Balaban J connectivity index is 1.58. The van der Waals surface area contributed by atoms with Crippen molar-refractivity contribution in [3.63, 3.8) is 0 Å². The van der Waals surface area contributed by atoms with Crippen LogP contribution >= 0.6 is 0 Å². The van der Waals surface area contributed by atoms with Gasteiger partial charge in [-0.15, -0.1) is 0 Å². The van der Waals surface area contributed by atoms with Gasteiger partial charge in [-0.1, -0.05) is 24.6 Å². The van der Waals surface area contributed by atoms with E-state index in [1.807, 2.05) is 18.2 Å². The number of nitrogens with zero attached hydrogens (tertiary/aromatic N) is 2. The van der Waals surface area contributed by atoms with Gasteiger partial charge in [-0.2, -0.15) is 17.4 Å². The molecule has 0 spiro atoms. The Morgan fingerprint density at radius 3 is 2.43 bits per heavy atom. The van der Waals surface area contributed by atoms with Crippen LogP contribution in [0.25, 0.3) is 0 Å². The molecule has 0 aromatic heterocycles. The van der Waals surface area contributed by atoms with Crippen LogP contribution in [0, 0.1) is 0 Å². The normalized spacial score (nSPS) is 23.1. The van der Waals surface area contributed by atoms with Gasteiger partial charge >= 0.3 is 0 Å². The van der Waals surface area contributed by atoms with Crippen molar-refractivity contribution in [2.24, 2.45) is 0 Å². The number of rotatable bonds is 4. The highest BCUT2D eigenvalue weighted by Gasteiger charge is 2.32. The summed E-state index contributed by atoms with van der Waals surface area (Å²) >= 11 is 0. The van der Waals surface area contributed by atoms with Gasteiger partial charge in [-0.05, 0) is 31.4 Å². The molecule has 2 heterocycles. The van der Waals surface area contributed by atoms with Gasteiger partial charge in [0.25, 0.3) is 16.1 Å². The van der Waals surface area contributed by atoms with Gasteiger partial charge in [-0.3, -0.25) is 4.79 Å². The van der Waals surface area contributed by atoms with Crippen LogP contribution in [0.3, 0.4) is 0 Å². The van der Waals surface area contributed by atoms with E-state index in [0.29, 0.717) is 38.2 Å². The standard InChI is InChI=1S/C16H23N3O3S/c20-16(14-7-3-1-4-8-14)18-12-9-15(13-18)17-23(21,22)19-10-5-2-6-11-19/h1,3-4,7-8,15,17H,2,5-6,9-13H2. The number of benzene rings is 1. The van der Waals surface area contributed by atoms with Crippen molar-refractivity contribution >= 4 is 16.1 Å². The molecular formula is C16H23N3O3S. The summed E-state index contributed by atoms with van der Waals surface area (Å²) < 4.78 is 29.1. The van der Waals surface area contributed by atoms with Gasteiger partial charge in [-0.25, -0.2) is 0 Å². The van der Waals surface area contributed by atoms with E-state index < -0.39 is 10.2 Å². The third-order valence-corrected chi connectivity index (χ3v) is 6.14. The van der Waals surface area contributed by atoms with Crippen LogP contribution in [-0.2, 0) is 10.2 Å². The Kier molecular flexibility index (Phi) is 4.99. The van der Waals surface area contributed by atoms with Crippen molar-refractivity contribution in [3.8, 4) is 0 Å². The summed E-state index contributed by atoms with van der Waals surface area (Å²) in [7, 11) is -3.44. The second kappa shape index (κ2) is 6.98. The molecule has 2 aliphatic rings. The Morgan fingerprint density at radius 2 is 1.74 bits per heavy atom. The lowest BCUT2D eigenvalue weighted by molar-refractivity contribution is 0.0790. The Bertz CT molecular complexity index is 642. The molecule has 0 bridgehead atoms. The summed E-state index contributed by atoms with van der Waals surface area (Å²) in [6.45, 7) is 2.20. The molecule has 1 N–H and O–H groups in total. The van der Waals surface area contributed by atoms with E-state index in [9.17, 15) is 13.2 Å². The van der Waals surface area contributed by atoms with E-state index in [4.69, 9.17) is 0 Å². The molecule has 1 aromatic carbocycles. The number of piperidine rings is 1. The summed E-state index contributed by atoms with van der Waals surface area (Å²) in [6.07, 6.45) is 3.59. The van der Waals surface area contributed by atoms with Gasteiger partial charge in [0.2, 0.25) is 0 Å². The average molecular weight is 337 g/mol. The first-order valence-corrected chi connectivity index (χ1v) is 9.62. The highest BCUT2D eigenvalue weighted by atomic mass is 32.2. The van der Waals surface area contributed by atoms with Gasteiger partial charge in [0.15, 0.2) is 0 Å². The molecule has 0 aliphatic carbocycles. The fraction of sp³-hybridized carbons (Fsp3) is 0.562. The van der Waals surface area contributed by atoms with Gasteiger partial charge < -0.3 is 4.90 Å². The highest BCUT2D eigenvalue weighted by molar-refractivity contribution is 7.87. The van der Waals surface area contributed by atoms with Crippen LogP contribution in [0.5, 0.6) is 0 Å². The smallest absolute Gasteiger partial charge is 0.279 e. The third-order valence-electron chi connectivity index (χ3n) is 4.47. The molecule has 6 nitrogen and oxygen atoms in total. The minimum absolute atomic E-state index is 0.0368. The van der Waals surface area contributed by atoms with E-state index in [-0.39, 0.29) is 11.9 Å². The molecule has 3 rings (SSSR count). The van der Waals surface area contributed by atoms with Crippen LogP contribution in [-0.4, -0.2) is 55.8 Å². The molecule has 1 atom stereocenters. The quantitative estimate of drug-likeness (QED) is 0.898. The zero-order valence-corrected chi connectivity index (χ0v) is 14.0. The first kappa shape index (κ1) is 16.4. The zero-order chi connectivity index (χ0) is 16.3. The molecule has 2 saturated heterocycles. The average Bonchev–Trinajstić information content (AvgIpc) is 3.03. The third kappa shape index (κ3) is 3.91. The topological polar surface area (TPSA) is 69.7 Å². The van der Waals surface area contributed by atoms with Crippen molar-refractivity contribution < 1.29 is 13.2 Å². The molecule has 0 radical (unpaired) electrons. The second-order valence-corrected chi connectivity index (χ2v) is 7.89. The highest BCUT2D eigenvalue weighted by Crippen LogP contribution is 2.17. The van der Waals surface area contributed by atoms with Crippen LogP contribution < -0.4 is 4.72 Å². The number of likely N-dealkylation sites (tertiary alicyclic amines) is 1. The second-order valence-electron chi connectivity index (χ2n) is 6.19. The van der Waals surface area contributed by atoms with Crippen LogP contribution in [0.15, 0.2) is 30.3 Å². The molecule has 2 aliphatic heterocycles. The van der Waals surface area contributed by atoms with Gasteiger partial charge in [0, 0.05) is 37.8 Å². The number of hydrogen-bond donors (Lipinski definition) is 1. The molecule has 2 fully saturated rings. The lowest BCUT2D eigenvalue weighted by atomic mass is 10.2. The summed E-state index contributed by atoms with van der Waals surface area (Å²) in [6, 6.07) is 8.91. The van der Waals surface area contributed by atoms with E-state index in [0.717, 1.165) is 19.3 Å². The summed E-state index contributed by atoms with van der Waals surface area (Å²) in [5.41, 5.74) is 0.645. The number of carbonyl (C=O) groups excluding carboxylic acids is 1. The summed E-state index contributed by atoms with van der Waals surface area (Å²) in [5, 5.41) is 0. The van der Waals surface area contributed by atoms with Crippen molar-refractivity contribution in [1.82, 2.24) is 13.9 Å². The van der Waals surface area contributed by atoms with Gasteiger partial charge in [0.05, 0.1) is 0 Å². The Labute approximate surface area is 137 Å². The predicted octanol–water partition coefficient (Wildman–Crippen LogP) is 1.22. The van der Waals surface area contributed by atoms with Crippen molar-refractivity contribution in [2.45, 2.75) is 31.7 Å².